The fraction of sp³-hybridized carbons (Fsp3) is 0.769. The van der Waals surface area contributed by atoms with Gasteiger partial charge in [-0.1, -0.05) is 13.3 Å². The first-order chi connectivity index (χ1) is 8.10. The summed E-state index contributed by atoms with van der Waals surface area (Å²) in [5.74, 6) is 7.30. The molecule has 0 aromatic carbocycles. The number of nitrogens with one attached hydrogen (secondary N) is 1. The fourth-order valence-corrected chi connectivity index (χ4v) is 3.79. The van der Waals surface area contributed by atoms with Gasteiger partial charge in [-0.25, -0.2) is 4.98 Å². The van der Waals surface area contributed by atoms with Crippen molar-refractivity contribution >= 4 is 11.3 Å². The van der Waals surface area contributed by atoms with Gasteiger partial charge in [-0.05, 0) is 38.5 Å². The van der Waals surface area contributed by atoms with E-state index in [-0.39, 0.29) is 0 Å². The largest absolute Gasteiger partial charge is 0.271 e. The van der Waals surface area contributed by atoms with E-state index in [0.717, 1.165) is 18.3 Å². The van der Waals surface area contributed by atoms with E-state index in [1.165, 1.54) is 34.8 Å². The van der Waals surface area contributed by atoms with Crippen LogP contribution in [0.1, 0.15) is 41.8 Å². The molecule has 96 valence electrons. The van der Waals surface area contributed by atoms with E-state index in [9.17, 15) is 0 Å². The summed E-state index contributed by atoms with van der Waals surface area (Å²) >= 11 is 1.81. The number of aromatic nitrogens is 1. The average molecular weight is 253 g/mol. The zero-order valence-electron chi connectivity index (χ0n) is 11.0. The van der Waals surface area contributed by atoms with Crippen LogP contribution >= 0.6 is 11.3 Å². The minimum atomic E-state index is 0.393. The molecule has 4 heteroatoms. The maximum Gasteiger partial charge on any atom is 0.0947 e. The Balaban J connectivity index is 1.99. The highest BCUT2D eigenvalue weighted by molar-refractivity contribution is 7.11. The Morgan fingerprint density at radius 2 is 2.24 bits per heavy atom. The summed E-state index contributed by atoms with van der Waals surface area (Å²) in [5, 5.41) is 1.22. The summed E-state index contributed by atoms with van der Waals surface area (Å²) in [4.78, 5) is 5.94. The van der Waals surface area contributed by atoms with Crippen LogP contribution in [0.2, 0.25) is 0 Å². The summed E-state index contributed by atoms with van der Waals surface area (Å²) in [7, 11) is 0. The summed E-state index contributed by atoms with van der Waals surface area (Å²) in [6, 6.07) is 0.393. The van der Waals surface area contributed by atoms with Gasteiger partial charge in [0, 0.05) is 17.3 Å². The van der Waals surface area contributed by atoms with Crippen LogP contribution in [0.4, 0.5) is 0 Å². The summed E-state index contributed by atoms with van der Waals surface area (Å²) < 4.78 is 0. The molecule has 1 aliphatic carbocycles. The Hall–Kier alpha value is -0.450. The number of hydrazine groups is 1. The van der Waals surface area contributed by atoms with Gasteiger partial charge in [-0.15, -0.1) is 11.3 Å². The molecule has 0 radical (unpaired) electrons. The third kappa shape index (κ3) is 3.06. The van der Waals surface area contributed by atoms with Crippen molar-refractivity contribution in [2.45, 2.75) is 52.5 Å². The molecule has 17 heavy (non-hydrogen) atoms. The molecule has 3 nitrogen and oxygen atoms in total. The van der Waals surface area contributed by atoms with Gasteiger partial charge < -0.3 is 0 Å². The fourth-order valence-electron chi connectivity index (χ4n) is 2.79. The standard InChI is InChI=1S/C13H23N3S/c1-8-4-5-11(6-8)12(16-14)7-13-15-9(2)10(3)17-13/h8,11-12,16H,4-7,14H2,1-3H3. The molecule has 3 atom stereocenters. The molecule has 0 amide bonds. The molecule has 0 bridgehead atoms. The molecule has 0 saturated heterocycles. The third-order valence-corrected chi connectivity index (χ3v) is 5.08. The Bertz CT molecular complexity index is 355. The van der Waals surface area contributed by atoms with E-state index in [1.54, 1.807) is 0 Å². The number of hydrogen-bond acceptors (Lipinski definition) is 4. The van der Waals surface area contributed by atoms with Crippen molar-refractivity contribution in [1.29, 1.82) is 0 Å². The molecular weight excluding hydrogens is 230 g/mol. The molecule has 0 aliphatic heterocycles. The Labute approximate surface area is 108 Å². The van der Waals surface area contributed by atoms with E-state index in [2.05, 4.69) is 31.2 Å². The van der Waals surface area contributed by atoms with Crippen LogP contribution in [0.25, 0.3) is 0 Å². The predicted molar refractivity (Wildman–Crippen MR) is 72.9 cm³/mol. The van der Waals surface area contributed by atoms with Crippen LogP contribution in [-0.2, 0) is 6.42 Å². The number of nitrogens with two attached hydrogens (primary N) is 1. The lowest BCUT2D eigenvalue weighted by Crippen LogP contribution is -2.41. The smallest absolute Gasteiger partial charge is 0.0947 e. The topological polar surface area (TPSA) is 50.9 Å². The lowest BCUT2D eigenvalue weighted by molar-refractivity contribution is 0.352. The Morgan fingerprint density at radius 1 is 1.47 bits per heavy atom. The van der Waals surface area contributed by atoms with Gasteiger partial charge in [0.1, 0.15) is 0 Å². The molecule has 1 saturated carbocycles. The predicted octanol–water partition coefficient (Wildman–Crippen LogP) is 2.57. The van der Waals surface area contributed by atoms with Crippen molar-refractivity contribution in [3.8, 4) is 0 Å². The van der Waals surface area contributed by atoms with Crippen molar-refractivity contribution < 1.29 is 0 Å². The minimum absolute atomic E-state index is 0.393. The van der Waals surface area contributed by atoms with Crippen LogP contribution in [0.3, 0.4) is 0 Å². The van der Waals surface area contributed by atoms with Gasteiger partial charge >= 0.3 is 0 Å². The molecular formula is C13H23N3S. The number of rotatable bonds is 4. The zero-order valence-corrected chi connectivity index (χ0v) is 11.8. The molecule has 2 rings (SSSR count). The van der Waals surface area contributed by atoms with Crippen molar-refractivity contribution in [3.63, 3.8) is 0 Å². The van der Waals surface area contributed by atoms with Gasteiger partial charge in [-0.2, -0.15) is 0 Å². The minimum Gasteiger partial charge on any atom is -0.271 e. The summed E-state index contributed by atoms with van der Waals surface area (Å²) in [6.07, 6.45) is 4.93. The molecule has 1 aliphatic rings. The second kappa shape index (κ2) is 5.46. The second-order valence-corrected chi connectivity index (χ2v) is 6.69. The van der Waals surface area contributed by atoms with Crippen LogP contribution in [0.15, 0.2) is 0 Å². The number of hydrogen-bond donors (Lipinski definition) is 2. The molecule has 1 aromatic heterocycles. The number of thiazole rings is 1. The SMILES string of the molecule is Cc1nc(CC(NN)C2CCC(C)C2)sc1C. The van der Waals surface area contributed by atoms with E-state index in [1.807, 2.05) is 11.3 Å². The van der Waals surface area contributed by atoms with Gasteiger partial charge in [-0.3, -0.25) is 11.3 Å². The third-order valence-electron chi connectivity index (χ3n) is 3.99. The van der Waals surface area contributed by atoms with Crippen molar-refractivity contribution in [1.82, 2.24) is 10.4 Å². The quantitative estimate of drug-likeness (QED) is 0.640. The molecule has 3 N–H and O–H groups in total. The van der Waals surface area contributed by atoms with E-state index in [4.69, 9.17) is 5.84 Å². The second-order valence-electron chi connectivity index (χ2n) is 5.40. The van der Waals surface area contributed by atoms with Crippen molar-refractivity contribution in [3.05, 3.63) is 15.6 Å². The molecule has 0 spiro atoms. The average Bonchev–Trinajstić information content (AvgIpc) is 2.83. The van der Waals surface area contributed by atoms with E-state index < -0.39 is 0 Å². The lowest BCUT2D eigenvalue weighted by atomic mass is 9.95. The summed E-state index contributed by atoms with van der Waals surface area (Å²) in [6.45, 7) is 6.56. The van der Waals surface area contributed by atoms with Gasteiger partial charge in [0.25, 0.3) is 0 Å². The Morgan fingerprint density at radius 3 is 2.71 bits per heavy atom. The normalized spacial score (nSPS) is 26.4. The van der Waals surface area contributed by atoms with Gasteiger partial charge in [0.2, 0.25) is 0 Å². The monoisotopic (exact) mass is 253 g/mol. The number of aryl methyl sites for hydroxylation is 2. The zero-order chi connectivity index (χ0) is 12.4. The van der Waals surface area contributed by atoms with Crippen LogP contribution < -0.4 is 11.3 Å². The molecule has 1 aromatic rings. The maximum atomic E-state index is 5.72. The first-order valence-electron chi connectivity index (χ1n) is 6.49. The van der Waals surface area contributed by atoms with Crippen LogP contribution in [-0.4, -0.2) is 11.0 Å². The first kappa shape index (κ1) is 13.0. The van der Waals surface area contributed by atoms with Crippen LogP contribution in [0, 0.1) is 25.7 Å². The van der Waals surface area contributed by atoms with Crippen molar-refractivity contribution in [2.24, 2.45) is 17.7 Å². The highest BCUT2D eigenvalue weighted by atomic mass is 32.1. The summed E-state index contributed by atoms with van der Waals surface area (Å²) in [5.41, 5.74) is 4.18. The molecule has 1 fully saturated rings. The van der Waals surface area contributed by atoms with E-state index >= 15 is 0 Å². The van der Waals surface area contributed by atoms with Gasteiger partial charge in [0.15, 0.2) is 0 Å². The maximum absolute atomic E-state index is 5.72. The first-order valence-corrected chi connectivity index (χ1v) is 7.30. The number of nitrogens with zero attached hydrogens (tertiary/aromatic N) is 1. The molecule has 1 heterocycles. The highest BCUT2D eigenvalue weighted by Crippen LogP contribution is 2.34. The lowest BCUT2D eigenvalue weighted by Gasteiger charge is -2.21. The molecule has 3 unspecified atom stereocenters. The van der Waals surface area contributed by atoms with Crippen LogP contribution in [0.5, 0.6) is 0 Å². The van der Waals surface area contributed by atoms with Gasteiger partial charge in [0.05, 0.1) is 10.7 Å². The Kier molecular flexibility index (Phi) is 4.17. The van der Waals surface area contributed by atoms with Crippen molar-refractivity contribution in [2.75, 3.05) is 0 Å². The highest BCUT2D eigenvalue weighted by Gasteiger charge is 2.28. The van der Waals surface area contributed by atoms with E-state index in [0.29, 0.717) is 6.04 Å².